The summed E-state index contributed by atoms with van der Waals surface area (Å²) in [5.41, 5.74) is 11.1. The monoisotopic (exact) mass is 1490 g/mol. The fourth-order valence-electron chi connectivity index (χ4n) is 10.5. The third kappa shape index (κ3) is 36.0. The minimum atomic E-state index is -1.97. The van der Waals surface area contributed by atoms with Crippen LogP contribution >= 0.6 is 0 Å². The van der Waals surface area contributed by atoms with E-state index in [4.69, 9.17) is 11.5 Å². The first-order valence-electron chi connectivity index (χ1n) is 35.7. The third-order valence-electron chi connectivity index (χ3n) is 18.0. The van der Waals surface area contributed by atoms with E-state index in [9.17, 15) is 91.1 Å². The van der Waals surface area contributed by atoms with Gasteiger partial charge in [0.1, 0.15) is 62.5 Å². The maximum atomic E-state index is 15.0. The van der Waals surface area contributed by atoms with Crippen LogP contribution in [0.1, 0.15) is 174 Å². The van der Waals surface area contributed by atoms with Crippen molar-refractivity contribution in [2.24, 2.45) is 47.0 Å². The normalized spacial score (nSPS) is 17.4. The molecule has 7 amide bonds. The smallest absolute Gasteiger partial charge is 0.239 e. The van der Waals surface area contributed by atoms with E-state index in [1.165, 1.54) is 48.6 Å². The maximum absolute atomic E-state index is 15.0. The first-order valence-corrected chi connectivity index (χ1v) is 35.7. The van der Waals surface area contributed by atoms with Gasteiger partial charge in [-0.05, 0) is 64.2 Å². The molecule has 0 aliphatic carbocycles. The number of Topliss-reactive ketones (excluding diaryl/α,β-unsaturated/α-hetero) is 6. The van der Waals surface area contributed by atoms with Crippen molar-refractivity contribution >= 4 is 120 Å². The van der Waals surface area contributed by atoms with E-state index < -0.39 is 235 Å². The summed E-state index contributed by atoms with van der Waals surface area (Å²) in [6.45, 7) is 21.3. The molecular formula is C70H117N15O20. The van der Waals surface area contributed by atoms with Crippen molar-refractivity contribution in [3.05, 3.63) is 0 Å². The van der Waals surface area contributed by atoms with Crippen molar-refractivity contribution in [3.8, 4) is 0 Å². The molecule has 0 aromatic rings. The molecule has 0 bridgehead atoms. The van der Waals surface area contributed by atoms with Gasteiger partial charge in [-0.15, -0.1) is 0 Å². The van der Waals surface area contributed by atoms with Crippen LogP contribution in [0.2, 0.25) is 0 Å². The molecule has 35 nitrogen and oxygen atoms in total. The van der Waals surface area contributed by atoms with Gasteiger partial charge in [0.25, 0.3) is 0 Å². The highest BCUT2D eigenvalue weighted by molar-refractivity contribution is 6.01. The number of carbonyl (C=O) groups is 20. The van der Waals surface area contributed by atoms with Gasteiger partial charge < -0.3 is 76.9 Å². The average Bonchev–Trinajstić information content (AvgIpc) is 0.839. The summed E-state index contributed by atoms with van der Waals surface area (Å²) in [4.78, 5) is 265. The van der Waals surface area contributed by atoms with Gasteiger partial charge in [-0.3, -0.25) is 99.5 Å². The molecule has 0 fully saturated rings. The number of rotatable bonds is 61. The maximum Gasteiger partial charge on any atom is 0.239 e. The number of carbonyl (C=O) groups excluding carboxylic acids is 20. The highest BCUT2D eigenvalue weighted by Gasteiger charge is 2.39. The second-order valence-electron chi connectivity index (χ2n) is 27.5. The molecular weight excluding hydrogens is 1370 g/mol. The van der Waals surface area contributed by atoms with Crippen LogP contribution < -0.4 is 80.6 Å². The predicted molar refractivity (Wildman–Crippen MR) is 384 cm³/mol. The number of primary amides is 1. The van der Waals surface area contributed by atoms with E-state index >= 15 is 4.79 Å². The fourth-order valence-corrected chi connectivity index (χ4v) is 10.5. The van der Waals surface area contributed by atoms with E-state index in [1.807, 2.05) is 0 Å². The largest absolute Gasteiger partial charge is 0.370 e. The minimum Gasteiger partial charge on any atom is -0.370 e. The van der Waals surface area contributed by atoms with Crippen molar-refractivity contribution in [2.45, 2.75) is 271 Å². The fraction of sp³-hybridized carbons (Fsp3) is 0.714. The summed E-state index contributed by atoms with van der Waals surface area (Å²) in [5, 5.41) is 33.9. The molecule has 17 N–H and O–H groups in total. The van der Waals surface area contributed by atoms with Crippen LogP contribution in [0.25, 0.3) is 0 Å². The van der Waals surface area contributed by atoms with E-state index in [-0.39, 0.29) is 37.5 Å². The molecule has 0 rings (SSSR count). The molecule has 0 aromatic heterocycles. The van der Waals surface area contributed by atoms with Crippen LogP contribution in [-0.4, -0.2) is 231 Å². The molecule has 0 unspecified atom stereocenters. The van der Waals surface area contributed by atoms with Gasteiger partial charge >= 0.3 is 0 Å². The molecule has 0 saturated carbocycles. The quantitative estimate of drug-likeness (QED) is 0.0205. The van der Waals surface area contributed by atoms with Gasteiger partial charge in [0, 0.05) is 63.8 Å². The van der Waals surface area contributed by atoms with Gasteiger partial charge in [-0.1, -0.05) is 88.5 Å². The summed E-state index contributed by atoms with van der Waals surface area (Å²) in [6.07, 6.45) is -6.07. The van der Waals surface area contributed by atoms with Crippen LogP contribution in [0, 0.1) is 35.5 Å². The van der Waals surface area contributed by atoms with Crippen LogP contribution in [0.4, 0.5) is 0 Å². The number of ketones is 6. The summed E-state index contributed by atoms with van der Waals surface area (Å²) in [7, 11) is 1.40. The topological polar surface area (TPSA) is 550 Å². The Morgan fingerprint density at radius 3 is 1.16 bits per heavy atom. The molecule has 592 valence electrons. The summed E-state index contributed by atoms with van der Waals surface area (Å²) < 4.78 is 0. The molecule has 0 aliphatic rings. The molecule has 0 saturated heterocycles. The average molecular weight is 1490 g/mol. The standard InChI is InChI=1S/C70H117N15O20/c1-16-37(6)52(33-90)80-50(67(102)77-44(13)56(94)24-40(9)65(100)73-15)27-57(95)45(14)76-66(101)41(10)25-58(96)62(74-21-22-86)83-70(105)51(81-53(34-91)38(7)17-2)29-60(98)64(82-54(35-92)39(8)18-3)85-68(103)48(75-42(11)30-87)28-59(97)63(79-47(32-89)23-36(4)5)84-69(104)49(26-55(93)43(12)71)78-46(31-88)19-20-61(72)99/h22,30-54,62-64,74-75,78-82H,16-21,23-29,71H2,1-15H3,(H2,72,99)(H,73,100)(H,76,101)(H,77,102)(H,83,105)(H,84,104)(H,85,103)/t37-,38-,39-,40+,41+,42-,43-,44-,45-,46-,47-,48+,49+,50+,51+,52+,53+,54+,62+,63+,64+/m0/s1. The molecule has 0 spiro atoms. The van der Waals surface area contributed by atoms with Gasteiger partial charge in [0.15, 0.2) is 34.7 Å². The lowest BCUT2D eigenvalue weighted by Gasteiger charge is -2.31. The number of amides is 7. The van der Waals surface area contributed by atoms with Gasteiger partial charge in [-0.2, -0.15) is 0 Å². The second-order valence-corrected chi connectivity index (χ2v) is 27.5. The number of nitrogens with one attached hydrogen (secondary N) is 13. The Kier molecular flexibility index (Phi) is 47.0. The lowest BCUT2D eigenvalue weighted by atomic mass is 9.96. The van der Waals surface area contributed by atoms with E-state index in [0.29, 0.717) is 63.3 Å². The Morgan fingerprint density at radius 1 is 0.381 bits per heavy atom. The van der Waals surface area contributed by atoms with Crippen LogP contribution in [0.15, 0.2) is 0 Å². The minimum absolute atomic E-state index is 0.0879. The van der Waals surface area contributed by atoms with Crippen LogP contribution in [0.3, 0.4) is 0 Å². The molecule has 21 atom stereocenters. The Morgan fingerprint density at radius 2 is 0.752 bits per heavy atom. The Balaban J connectivity index is 7.58. The lowest BCUT2D eigenvalue weighted by Crippen LogP contribution is -2.63. The zero-order valence-corrected chi connectivity index (χ0v) is 63.3. The molecule has 0 aliphatic heterocycles. The lowest BCUT2D eigenvalue weighted by molar-refractivity contribution is -0.136. The molecule has 0 aromatic carbocycles. The van der Waals surface area contributed by atoms with Gasteiger partial charge in [0.05, 0.1) is 85.1 Å². The zero-order chi connectivity index (χ0) is 80.5. The predicted octanol–water partition coefficient (Wildman–Crippen LogP) is -3.88. The van der Waals surface area contributed by atoms with Gasteiger partial charge in [0.2, 0.25) is 41.4 Å². The molecule has 105 heavy (non-hydrogen) atoms. The molecule has 0 heterocycles. The first-order chi connectivity index (χ1) is 49.3. The Hall–Kier alpha value is -8.32. The van der Waals surface area contributed by atoms with Crippen molar-refractivity contribution < 1.29 is 95.9 Å². The first kappa shape index (κ1) is 96.7. The SMILES string of the molecule is CC[C@H](C)[C@@H](C=O)N[C@H](NC(=O)[C@@H](CC(=O)[C@@H](NC(=O)[C@@H](CC(=O)[C@H](C)N)N[C@H](C=O)CCC(N)=O)N[C@H](C=O)CC(C)C)N[C@@H](C)C=O)C(=O)C[C@@H](N[C@H](C=O)[C@@H](C)CC)C(=O)N[C@@H](NCC=O)C(=O)C[C@@H](C)C(=O)N[C@@H](C)C(=O)C[C@@H](N[C@H](C=O)[C@@H](C)CC)C(=O)N[C@@H](C)C(=O)C[C@@H](C)C(=O)NC. The second kappa shape index (κ2) is 51.0. The van der Waals surface area contributed by atoms with Crippen molar-refractivity contribution in [1.29, 1.82) is 0 Å². The molecule has 0 radical (unpaired) electrons. The third-order valence-corrected chi connectivity index (χ3v) is 18.0. The van der Waals surface area contributed by atoms with Crippen molar-refractivity contribution in [1.82, 2.24) is 69.1 Å². The number of hydrogen-bond donors (Lipinski definition) is 15. The zero-order valence-electron chi connectivity index (χ0n) is 63.3. The van der Waals surface area contributed by atoms with Crippen LogP contribution in [-0.2, 0) is 95.9 Å². The van der Waals surface area contributed by atoms with Crippen molar-refractivity contribution in [2.75, 3.05) is 13.6 Å². The highest BCUT2D eigenvalue weighted by Crippen LogP contribution is 2.16. The van der Waals surface area contributed by atoms with Gasteiger partial charge in [-0.25, -0.2) is 0 Å². The number of aldehydes is 7. The number of hydrogen-bond acceptors (Lipinski definition) is 28. The highest BCUT2D eigenvalue weighted by atomic mass is 16.2. The Bertz CT molecular complexity index is 2960. The summed E-state index contributed by atoms with van der Waals surface area (Å²) >= 11 is 0. The van der Waals surface area contributed by atoms with E-state index in [0.717, 1.165) is 0 Å². The van der Waals surface area contributed by atoms with E-state index in [2.05, 4.69) is 69.1 Å². The summed E-state index contributed by atoms with van der Waals surface area (Å²) in [6, 6.07) is -17.2. The molecule has 35 heteroatoms. The van der Waals surface area contributed by atoms with E-state index in [1.54, 1.807) is 55.4 Å². The number of nitrogens with two attached hydrogens (primary N) is 2. The summed E-state index contributed by atoms with van der Waals surface area (Å²) in [5.74, 6) is -14.9. The van der Waals surface area contributed by atoms with Crippen LogP contribution in [0.5, 0.6) is 0 Å². The Labute approximate surface area is 614 Å². The van der Waals surface area contributed by atoms with Crippen molar-refractivity contribution in [3.63, 3.8) is 0 Å².